The van der Waals surface area contributed by atoms with Crippen LogP contribution in [-0.2, 0) is 20.7 Å². The van der Waals surface area contributed by atoms with E-state index < -0.39 is 11.8 Å². The summed E-state index contributed by atoms with van der Waals surface area (Å²) in [7, 11) is 0. The number of benzene rings is 1. The summed E-state index contributed by atoms with van der Waals surface area (Å²) in [6.45, 7) is 3.22. The number of nitrogens with one attached hydrogen (secondary N) is 1. The van der Waals surface area contributed by atoms with Crippen LogP contribution < -0.4 is 5.32 Å². The Morgan fingerprint density at radius 1 is 1.39 bits per heavy atom. The van der Waals surface area contributed by atoms with Gasteiger partial charge in [-0.1, -0.05) is 13.0 Å². The average molecular weight is 320 g/mol. The molecule has 1 aliphatic carbocycles. The van der Waals surface area contributed by atoms with Gasteiger partial charge in [-0.05, 0) is 42.9 Å². The molecule has 0 aromatic heterocycles. The second-order valence-corrected chi connectivity index (χ2v) is 6.09. The lowest BCUT2D eigenvalue weighted by Gasteiger charge is -2.35. The van der Waals surface area contributed by atoms with Crippen LogP contribution in [0.1, 0.15) is 25.3 Å². The van der Waals surface area contributed by atoms with Crippen LogP contribution in [0.2, 0.25) is 0 Å². The van der Waals surface area contributed by atoms with Crippen LogP contribution >= 0.6 is 0 Å². The van der Waals surface area contributed by atoms with Crippen LogP contribution in [0.4, 0.5) is 10.1 Å². The molecule has 2 fully saturated rings. The molecule has 1 atom stereocenters. The van der Waals surface area contributed by atoms with E-state index in [4.69, 9.17) is 4.74 Å². The van der Waals surface area contributed by atoms with Gasteiger partial charge in [-0.15, -0.1) is 0 Å². The molecular weight excluding hydrogens is 299 g/mol. The number of ether oxygens (including phenoxy) is 1. The van der Waals surface area contributed by atoms with Gasteiger partial charge < -0.3 is 15.0 Å². The van der Waals surface area contributed by atoms with E-state index in [1.54, 1.807) is 17.0 Å². The van der Waals surface area contributed by atoms with E-state index >= 15 is 0 Å². The maximum atomic E-state index is 13.8. The Bertz CT molecular complexity index is 616. The van der Waals surface area contributed by atoms with Crippen molar-refractivity contribution in [2.24, 2.45) is 5.92 Å². The van der Waals surface area contributed by atoms with Gasteiger partial charge in [0.25, 0.3) is 0 Å². The van der Waals surface area contributed by atoms with E-state index in [2.05, 4.69) is 5.32 Å². The lowest BCUT2D eigenvalue weighted by atomic mass is 10.1. The standard InChI is InChI=1S/C17H21FN2O3/c1-2-11-5-6-13(9-14(11)18)19-16(21)17(22)20-7-8-23-10-15(20)12-3-4-12/h5-6,9,12,15H,2-4,7-8,10H2,1H3,(H,19,21). The van der Waals surface area contributed by atoms with E-state index in [1.807, 2.05) is 6.92 Å². The zero-order valence-electron chi connectivity index (χ0n) is 13.2. The molecule has 1 heterocycles. The van der Waals surface area contributed by atoms with Crippen LogP contribution in [0.5, 0.6) is 0 Å². The molecule has 1 N–H and O–H groups in total. The quantitative estimate of drug-likeness (QED) is 0.866. The molecule has 0 bridgehead atoms. The molecule has 0 radical (unpaired) electrons. The molecule has 1 unspecified atom stereocenters. The fourth-order valence-electron chi connectivity index (χ4n) is 2.97. The van der Waals surface area contributed by atoms with Gasteiger partial charge in [0.1, 0.15) is 5.82 Å². The third-order valence-corrected chi connectivity index (χ3v) is 4.48. The van der Waals surface area contributed by atoms with E-state index in [0.29, 0.717) is 43.3 Å². The summed E-state index contributed by atoms with van der Waals surface area (Å²) in [6, 6.07) is 4.48. The minimum atomic E-state index is -0.721. The van der Waals surface area contributed by atoms with E-state index in [-0.39, 0.29) is 11.9 Å². The van der Waals surface area contributed by atoms with Crippen LogP contribution in [0, 0.1) is 11.7 Å². The predicted molar refractivity (Wildman–Crippen MR) is 83.5 cm³/mol. The minimum Gasteiger partial charge on any atom is -0.377 e. The highest BCUT2D eigenvalue weighted by Crippen LogP contribution is 2.36. The van der Waals surface area contributed by atoms with Crippen molar-refractivity contribution in [2.75, 3.05) is 25.1 Å². The summed E-state index contributed by atoms with van der Waals surface area (Å²) in [4.78, 5) is 26.2. The highest BCUT2D eigenvalue weighted by molar-refractivity contribution is 6.39. The number of hydrogen-bond acceptors (Lipinski definition) is 3. The summed E-state index contributed by atoms with van der Waals surface area (Å²) >= 11 is 0. The zero-order valence-corrected chi connectivity index (χ0v) is 13.2. The molecule has 1 saturated heterocycles. The Kier molecular flexibility index (Phi) is 4.61. The molecule has 1 saturated carbocycles. The highest BCUT2D eigenvalue weighted by atomic mass is 19.1. The predicted octanol–water partition coefficient (Wildman–Crippen LogP) is 1.96. The van der Waals surface area contributed by atoms with E-state index in [1.165, 1.54) is 6.07 Å². The van der Waals surface area contributed by atoms with Crippen molar-refractivity contribution in [1.29, 1.82) is 0 Å². The summed E-state index contributed by atoms with van der Waals surface area (Å²) < 4.78 is 19.2. The van der Waals surface area contributed by atoms with Crippen molar-refractivity contribution < 1.29 is 18.7 Å². The van der Waals surface area contributed by atoms with Crippen molar-refractivity contribution >= 4 is 17.5 Å². The third kappa shape index (κ3) is 3.52. The molecule has 6 heteroatoms. The number of morpholine rings is 1. The average Bonchev–Trinajstić information content (AvgIpc) is 3.39. The molecule has 3 rings (SSSR count). The van der Waals surface area contributed by atoms with Gasteiger partial charge in [-0.2, -0.15) is 0 Å². The number of aryl methyl sites for hydroxylation is 1. The first-order chi connectivity index (χ1) is 11.1. The second-order valence-electron chi connectivity index (χ2n) is 6.09. The van der Waals surface area contributed by atoms with Gasteiger partial charge in [0.2, 0.25) is 0 Å². The van der Waals surface area contributed by atoms with Crippen LogP contribution in [0.25, 0.3) is 0 Å². The van der Waals surface area contributed by atoms with Crippen molar-refractivity contribution in [3.05, 3.63) is 29.6 Å². The van der Waals surface area contributed by atoms with Crippen molar-refractivity contribution in [3.8, 4) is 0 Å². The number of amides is 2. The first-order valence-corrected chi connectivity index (χ1v) is 8.08. The number of carbonyl (C=O) groups excluding carboxylic acids is 2. The Morgan fingerprint density at radius 3 is 2.83 bits per heavy atom. The number of rotatable bonds is 3. The molecule has 1 aromatic carbocycles. The van der Waals surface area contributed by atoms with Gasteiger partial charge in [-0.25, -0.2) is 4.39 Å². The lowest BCUT2D eigenvalue weighted by molar-refractivity contribution is -0.149. The topological polar surface area (TPSA) is 58.6 Å². The van der Waals surface area contributed by atoms with E-state index in [9.17, 15) is 14.0 Å². The van der Waals surface area contributed by atoms with Gasteiger partial charge in [0.15, 0.2) is 0 Å². The molecule has 1 aliphatic heterocycles. The van der Waals surface area contributed by atoms with Crippen LogP contribution in [0.3, 0.4) is 0 Å². The second kappa shape index (κ2) is 6.66. The molecule has 5 nitrogen and oxygen atoms in total. The highest BCUT2D eigenvalue weighted by Gasteiger charge is 2.40. The molecule has 124 valence electrons. The molecular formula is C17H21FN2O3. The summed E-state index contributed by atoms with van der Waals surface area (Å²) in [5, 5.41) is 2.50. The Balaban J connectivity index is 1.67. The largest absolute Gasteiger partial charge is 0.377 e. The minimum absolute atomic E-state index is 0.0128. The van der Waals surface area contributed by atoms with Gasteiger partial charge in [-0.3, -0.25) is 9.59 Å². The van der Waals surface area contributed by atoms with Gasteiger partial charge >= 0.3 is 11.8 Å². The lowest BCUT2D eigenvalue weighted by Crippen LogP contribution is -2.53. The van der Waals surface area contributed by atoms with Crippen LogP contribution in [-0.4, -0.2) is 42.5 Å². The Labute approximate surface area is 134 Å². The fraction of sp³-hybridized carbons (Fsp3) is 0.529. The smallest absolute Gasteiger partial charge is 0.313 e. The Morgan fingerprint density at radius 2 is 2.17 bits per heavy atom. The summed E-state index contributed by atoms with van der Waals surface area (Å²) in [6.07, 6.45) is 2.72. The molecule has 2 aliphatic rings. The molecule has 0 spiro atoms. The molecule has 2 amide bonds. The maximum Gasteiger partial charge on any atom is 0.313 e. The van der Waals surface area contributed by atoms with E-state index in [0.717, 1.165) is 12.8 Å². The first-order valence-electron chi connectivity index (χ1n) is 8.08. The monoisotopic (exact) mass is 320 g/mol. The SMILES string of the molecule is CCc1ccc(NC(=O)C(=O)N2CCOCC2C2CC2)cc1F. The van der Waals surface area contributed by atoms with Crippen LogP contribution in [0.15, 0.2) is 18.2 Å². The molecule has 23 heavy (non-hydrogen) atoms. The Hall–Kier alpha value is -1.95. The first kappa shape index (κ1) is 15.9. The van der Waals surface area contributed by atoms with Gasteiger partial charge in [0, 0.05) is 12.2 Å². The van der Waals surface area contributed by atoms with Crippen molar-refractivity contribution in [3.63, 3.8) is 0 Å². The number of hydrogen-bond donors (Lipinski definition) is 1. The maximum absolute atomic E-state index is 13.8. The zero-order chi connectivity index (χ0) is 16.4. The normalized spacial score (nSPS) is 21.1. The number of anilines is 1. The number of nitrogens with zero attached hydrogens (tertiary/aromatic N) is 1. The molecule has 1 aromatic rings. The number of halogens is 1. The number of carbonyl (C=O) groups is 2. The van der Waals surface area contributed by atoms with Crippen molar-refractivity contribution in [1.82, 2.24) is 4.90 Å². The summed E-state index contributed by atoms with van der Waals surface area (Å²) in [5.41, 5.74) is 0.880. The summed E-state index contributed by atoms with van der Waals surface area (Å²) in [5.74, 6) is -1.22. The van der Waals surface area contributed by atoms with Gasteiger partial charge in [0.05, 0.1) is 19.3 Å². The fourth-order valence-corrected chi connectivity index (χ4v) is 2.97. The van der Waals surface area contributed by atoms with Crippen molar-refractivity contribution in [2.45, 2.75) is 32.2 Å². The third-order valence-electron chi connectivity index (χ3n) is 4.48.